The Morgan fingerprint density at radius 1 is 0.923 bits per heavy atom. The summed E-state index contributed by atoms with van der Waals surface area (Å²) >= 11 is 0. The molecule has 0 fully saturated rings. The van der Waals surface area contributed by atoms with Gasteiger partial charge in [-0.05, 0) is 36.4 Å². The molecule has 0 bridgehead atoms. The van der Waals surface area contributed by atoms with Crippen LogP contribution in [-0.4, -0.2) is 24.6 Å². The van der Waals surface area contributed by atoms with Gasteiger partial charge in [0, 0.05) is 17.4 Å². The Morgan fingerprint density at radius 2 is 1.46 bits per heavy atom. The van der Waals surface area contributed by atoms with Crippen molar-refractivity contribution in [3.05, 3.63) is 59.9 Å². The highest BCUT2D eigenvalue weighted by atomic mass is 32.2. The standard InChI is InChI=1S/C17H12F4N2O2S/c1-26(24,25)16-22-14(10-2-6-12(7-3-10)17(19,20)21)15(23-16)11-4-8-13(18)9-5-11/h2-9H,1H3,(H,22,23). The van der Waals surface area contributed by atoms with Gasteiger partial charge in [0.25, 0.3) is 0 Å². The van der Waals surface area contributed by atoms with E-state index in [-0.39, 0.29) is 16.5 Å². The number of aromatic nitrogens is 2. The Kier molecular flexibility index (Phi) is 4.35. The highest BCUT2D eigenvalue weighted by Crippen LogP contribution is 2.34. The van der Waals surface area contributed by atoms with Crippen LogP contribution in [0.25, 0.3) is 22.5 Å². The maximum atomic E-state index is 13.1. The predicted molar refractivity (Wildman–Crippen MR) is 87.5 cm³/mol. The lowest BCUT2D eigenvalue weighted by Gasteiger charge is -2.08. The molecule has 0 aliphatic heterocycles. The number of sulfone groups is 1. The molecule has 0 amide bonds. The van der Waals surface area contributed by atoms with Crippen LogP contribution in [0.5, 0.6) is 0 Å². The first-order valence-corrected chi connectivity index (χ1v) is 9.18. The van der Waals surface area contributed by atoms with E-state index in [0.29, 0.717) is 11.1 Å². The van der Waals surface area contributed by atoms with Crippen LogP contribution in [0, 0.1) is 5.82 Å². The van der Waals surface area contributed by atoms with Gasteiger partial charge >= 0.3 is 6.18 Å². The number of H-pyrrole nitrogens is 1. The van der Waals surface area contributed by atoms with Gasteiger partial charge in [-0.1, -0.05) is 12.1 Å². The molecular formula is C17H12F4N2O2S. The molecule has 0 atom stereocenters. The summed E-state index contributed by atoms with van der Waals surface area (Å²) in [5.74, 6) is -0.483. The van der Waals surface area contributed by atoms with Gasteiger partial charge in [0.05, 0.1) is 17.0 Å². The highest BCUT2D eigenvalue weighted by Gasteiger charge is 2.30. The Bertz CT molecular complexity index is 1040. The highest BCUT2D eigenvalue weighted by molar-refractivity contribution is 7.90. The Morgan fingerprint density at radius 3 is 1.96 bits per heavy atom. The third kappa shape index (κ3) is 3.62. The normalized spacial score (nSPS) is 12.3. The van der Waals surface area contributed by atoms with Gasteiger partial charge in [0.2, 0.25) is 15.0 Å². The monoisotopic (exact) mass is 384 g/mol. The molecule has 2 aromatic carbocycles. The van der Waals surface area contributed by atoms with Gasteiger partial charge in [-0.3, -0.25) is 0 Å². The maximum Gasteiger partial charge on any atom is 0.416 e. The van der Waals surface area contributed by atoms with Crippen LogP contribution < -0.4 is 0 Å². The van der Waals surface area contributed by atoms with Crippen molar-refractivity contribution in [1.82, 2.24) is 9.97 Å². The van der Waals surface area contributed by atoms with E-state index in [2.05, 4.69) is 9.97 Å². The number of benzene rings is 2. The van der Waals surface area contributed by atoms with Gasteiger partial charge in [0.1, 0.15) is 5.82 Å². The lowest BCUT2D eigenvalue weighted by atomic mass is 10.0. The zero-order chi connectivity index (χ0) is 19.1. The van der Waals surface area contributed by atoms with E-state index < -0.39 is 27.4 Å². The lowest BCUT2D eigenvalue weighted by molar-refractivity contribution is -0.137. The van der Waals surface area contributed by atoms with Crippen molar-refractivity contribution in [1.29, 1.82) is 0 Å². The van der Waals surface area contributed by atoms with Crippen molar-refractivity contribution in [2.45, 2.75) is 11.3 Å². The zero-order valence-corrected chi connectivity index (χ0v) is 14.1. The first-order valence-electron chi connectivity index (χ1n) is 7.29. The minimum atomic E-state index is -4.48. The van der Waals surface area contributed by atoms with Gasteiger partial charge in [0.15, 0.2) is 0 Å². The summed E-state index contributed by atoms with van der Waals surface area (Å²) in [6.07, 6.45) is -3.53. The molecule has 3 aromatic rings. The first kappa shape index (κ1) is 18.1. The molecule has 3 rings (SSSR count). The molecule has 0 saturated heterocycles. The third-order valence-electron chi connectivity index (χ3n) is 3.65. The number of hydrogen-bond donors (Lipinski definition) is 1. The fourth-order valence-electron chi connectivity index (χ4n) is 2.38. The topological polar surface area (TPSA) is 62.8 Å². The summed E-state index contributed by atoms with van der Waals surface area (Å²) < 4.78 is 74.9. The second kappa shape index (κ2) is 6.24. The van der Waals surface area contributed by atoms with Crippen LogP contribution in [0.1, 0.15) is 5.56 Å². The molecule has 0 radical (unpaired) electrons. The van der Waals surface area contributed by atoms with Crippen molar-refractivity contribution in [3.8, 4) is 22.5 Å². The Hall–Kier alpha value is -2.68. The van der Waals surface area contributed by atoms with Gasteiger partial charge in [-0.25, -0.2) is 17.8 Å². The summed E-state index contributed by atoms with van der Waals surface area (Å²) in [6, 6.07) is 9.40. The summed E-state index contributed by atoms with van der Waals surface area (Å²) in [7, 11) is -3.68. The Balaban J connectivity index is 2.16. The third-order valence-corrected chi connectivity index (χ3v) is 4.55. The van der Waals surface area contributed by atoms with Gasteiger partial charge < -0.3 is 4.98 Å². The van der Waals surface area contributed by atoms with Crippen molar-refractivity contribution < 1.29 is 26.0 Å². The van der Waals surface area contributed by atoms with Gasteiger partial charge in [-0.2, -0.15) is 13.2 Å². The quantitative estimate of drug-likeness (QED) is 0.685. The fraction of sp³-hybridized carbons (Fsp3) is 0.118. The van der Waals surface area contributed by atoms with E-state index in [1.165, 1.54) is 36.4 Å². The lowest BCUT2D eigenvalue weighted by Crippen LogP contribution is -2.04. The number of nitrogens with one attached hydrogen (secondary N) is 1. The van der Waals surface area contributed by atoms with Crippen molar-refractivity contribution in [2.75, 3.05) is 6.26 Å². The predicted octanol–water partition coefficient (Wildman–Crippen LogP) is 4.31. The van der Waals surface area contributed by atoms with Crippen LogP contribution in [0.2, 0.25) is 0 Å². The summed E-state index contributed by atoms with van der Waals surface area (Å²) in [5, 5.41) is -0.327. The van der Waals surface area contributed by atoms with Crippen LogP contribution >= 0.6 is 0 Å². The number of aromatic amines is 1. The largest absolute Gasteiger partial charge is 0.416 e. The Labute approximate surface area is 146 Å². The number of rotatable bonds is 3. The number of nitrogens with zero attached hydrogens (tertiary/aromatic N) is 1. The first-order chi connectivity index (χ1) is 12.1. The van der Waals surface area contributed by atoms with E-state index in [9.17, 15) is 26.0 Å². The van der Waals surface area contributed by atoms with E-state index >= 15 is 0 Å². The zero-order valence-electron chi connectivity index (χ0n) is 13.3. The molecule has 0 unspecified atom stereocenters. The number of hydrogen-bond acceptors (Lipinski definition) is 3. The van der Waals surface area contributed by atoms with Crippen LogP contribution in [-0.2, 0) is 16.0 Å². The molecular weight excluding hydrogens is 372 g/mol. The molecule has 0 aliphatic carbocycles. The number of halogens is 4. The second-order valence-corrected chi connectivity index (χ2v) is 7.55. The van der Waals surface area contributed by atoms with Gasteiger partial charge in [-0.15, -0.1) is 0 Å². The van der Waals surface area contributed by atoms with Crippen molar-refractivity contribution in [3.63, 3.8) is 0 Å². The van der Waals surface area contributed by atoms with E-state index in [4.69, 9.17) is 0 Å². The summed E-state index contributed by atoms with van der Waals surface area (Å²) in [5.41, 5.74) is 0.343. The van der Waals surface area contributed by atoms with Crippen molar-refractivity contribution >= 4 is 9.84 Å². The minimum Gasteiger partial charge on any atom is -0.328 e. The maximum absolute atomic E-state index is 13.1. The second-order valence-electron chi connectivity index (χ2n) is 5.62. The molecule has 1 heterocycles. The molecule has 1 aromatic heterocycles. The average molecular weight is 384 g/mol. The average Bonchev–Trinajstić information content (AvgIpc) is 3.00. The van der Waals surface area contributed by atoms with E-state index in [1.54, 1.807) is 0 Å². The molecule has 0 aliphatic rings. The summed E-state index contributed by atoms with van der Waals surface area (Å²) in [6.45, 7) is 0. The van der Waals surface area contributed by atoms with Crippen LogP contribution in [0.3, 0.4) is 0 Å². The molecule has 26 heavy (non-hydrogen) atoms. The number of imidazole rings is 1. The molecule has 136 valence electrons. The van der Waals surface area contributed by atoms with E-state index in [1.807, 2.05) is 0 Å². The molecule has 0 spiro atoms. The van der Waals surface area contributed by atoms with Crippen LogP contribution in [0.15, 0.2) is 53.7 Å². The molecule has 1 N–H and O–H groups in total. The molecule has 0 saturated carbocycles. The minimum absolute atomic E-state index is 0.199. The SMILES string of the molecule is CS(=O)(=O)c1nc(-c2ccc(F)cc2)c(-c2ccc(C(F)(F)F)cc2)[nH]1. The van der Waals surface area contributed by atoms with E-state index in [0.717, 1.165) is 18.4 Å². The smallest absolute Gasteiger partial charge is 0.328 e. The summed E-state index contributed by atoms with van der Waals surface area (Å²) in [4.78, 5) is 6.68. The molecule has 9 heteroatoms. The van der Waals surface area contributed by atoms with Crippen molar-refractivity contribution in [2.24, 2.45) is 0 Å². The van der Waals surface area contributed by atoms with Crippen LogP contribution in [0.4, 0.5) is 17.6 Å². The number of alkyl halides is 3. The molecule has 4 nitrogen and oxygen atoms in total. The fourth-order valence-corrected chi connectivity index (χ4v) is 2.92.